The second-order valence-corrected chi connectivity index (χ2v) is 3.92. The molecule has 0 saturated carbocycles. The highest BCUT2D eigenvalue weighted by atomic mass is 32.8. The van der Waals surface area contributed by atoms with Crippen molar-refractivity contribution in [2.24, 2.45) is 0 Å². The van der Waals surface area contributed by atoms with E-state index in [9.17, 15) is 0 Å². The first-order chi connectivity index (χ1) is 5.65. The fourth-order valence-corrected chi connectivity index (χ4v) is 0.854. The highest BCUT2D eigenvalue weighted by Crippen LogP contribution is 2.03. The standard InChI is InChI=1S/C8H18.HO2S2/c1-3-5-7-8-6-4-2;1-4(2)3/h3-8H2,1-2H3;(H,1,2,3)/q;-1. The van der Waals surface area contributed by atoms with Crippen LogP contribution in [-0.2, 0) is 25.0 Å². The smallest absolute Gasteiger partial charge is 0.0533 e. The van der Waals surface area contributed by atoms with Gasteiger partial charge in [-0.2, -0.15) is 0 Å². The summed E-state index contributed by atoms with van der Waals surface area (Å²) in [6, 6.07) is 0. The molecule has 0 aromatic heterocycles. The molecule has 0 aliphatic heterocycles. The topological polar surface area (TPSA) is 37.3 Å². The van der Waals surface area contributed by atoms with Crippen LogP contribution in [0.1, 0.15) is 52.4 Å². The molecule has 0 atom stereocenters. The maximum absolute atomic E-state index is 8.93. The summed E-state index contributed by atoms with van der Waals surface area (Å²) < 4.78 is 16.3. The molecule has 0 spiro atoms. The summed E-state index contributed by atoms with van der Waals surface area (Å²) in [5.41, 5.74) is 0. The van der Waals surface area contributed by atoms with Crippen molar-refractivity contribution in [3.05, 3.63) is 0 Å². The molecule has 0 heterocycles. The molecule has 12 heavy (non-hydrogen) atoms. The van der Waals surface area contributed by atoms with E-state index in [-0.39, 0.29) is 0 Å². The van der Waals surface area contributed by atoms with Gasteiger partial charge in [0.2, 0.25) is 0 Å². The summed E-state index contributed by atoms with van der Waals surface area (Å²) in [5.74, 6) is 0. The summed E-state index contributed by atoms with van der Waals surface area (Å²) in [6.45, 7) is 4.51. The van der Waals surface area contributed by atoms with Crippen molar-refractivity contribution in [1.29, 1.82) is 0 Å². The summed E-state index contributed by atoms with van der Waals surface area (Å²) in [5, 5.41) is 0. The van der Waals surface area contributed by atoms with Gasteiger partial charge in [0.25, 0.3) is 0 Å². The van der Waals surface area contributed by atoms with E-state index < -0.39 is 9.64 Å². The van der Waals surface area contributed by atoms with Crippen LogP contribution >= 0.6 is 0 Å². The van der Waals surface area contributed by atoms with E-state index in [0.29, 0.717) is 0 Å². The van der Waals surface area contributed by atoms with Gasteiger partial charge in [-0.05, 0) is 0 Å². The lowest BCUT2D eigenvalue weighted by molar-refractivity contribution is 0.536. The largest absolute Gasteiger partial charge is 0.459 e. The lowest BCUT2D eigenvalue weighted by Crippen LogP contribution is -1.73. The van der Waals surface area contributed by atoms with Crippen LogP contribution in [0.5, 0.6) is 0 Å². The van der Waals surface area contributed by atoms with Gasteiger partial charge >= 0.3 is 0 Å². The van der Waals surface area contributed by atoms with E-state index >= 15 is 0 Å². The Morgan fingerprint density at radius 3 is 1.50 bits per heavy atom. The first-order valence-corrected chi connectivity index (χ1v) is 6.46. The Hall–Kier alpha value is 0.330. The quantitative estimate of drug-likeness (QED) is 0.431. The van der Waals surface area contributed by atoms with Gasteiger partial charge in [-0.15, -0.1) is 0 Å². The van der Waals surface area contributed by atoms with Crippen molar-refractivity contribution in [2.75, 3.05) is 0 Å². The van der Waals surface area contributed by atoms with Gasteiger partial charge in [-0.3, -0.25) is 0 Å². The van der Waals surface area contributed by atoms with Gasteiger partial charge in [-0.25, -0.2) is 11.2 Å². The predicted octanol–water partition coefficient (Wildman–Crippen LogP) is 3.25. The van der Waals surface area contributed by atoms with E-state index in [4.69, 9.17) is 8.76 Å². The fraction of sp³-hybridized carbons (Fsp3) is 1.00. The molecule has 76 valence electrons. The van der Waals surface area contributed by atoms with Crippen molar-refractivity contribution >= 4 is 20.8 Å². The van der Waals surface area contributed by atoms with E-state index in [1.165, 1.54) is 38.5 Å². The van der Waals surface area contributed by atoms with Gasteiger partial charge in [0.05, 0.1) is 0 Å². The molecule has 0 aromatic carbocycles. The van der Waals surface area contributed by atoms with Crippen LogP contribution in [0, 0.1) is 0 Å². The summed E-state index contributed by atoms with van der Waals surface area (Å²) >= 11 is 3.65. The molecule has 0 radical (unpaired) electrons. The van der Waals surface area contributed by atoms with Crippen LogP contribution in [0.3, 0.4) is 0 Å². The van der Waals surface area contributed by atoms with Crippen LogP contribution in [0.25, 0.3) is 0 Å². The maximum atomic E-state index is 8.93. The minimum absolute atomic E-state index is 1.36. The monoisotopic (exact) mass is 211 g/mol. The minimum Gasteiger partial charge on any atom is -0.459 e. The third-order valence-electron chi connectivity index (χ3n) is 1.46. The summed E-state index contributed by atoms with van der Waals surface area (Å²) in [6.07, 6.45) is 8.49. The van der Waals surface area contributed by atoms with Gasteiger partial charge in [0, 0.05) is 0 Å². The van der Waals surface area contributed by atoms with Crippen molar-refractivity contribution in [3.63, 3.8) is 0 Å². The Kier molecular flexibility index (Phi) is 17.2. The van der Waals surface area contributed by atoms with Crippen LogP contribution < -0.4 is 0 Å². The van der Waals surface area contributed by atoms with E-state index in [1.807, 2.05) is 0 Å². The Labute approximate surface area is 82.3 Å². The van der Waals surface area contributed by atoms with Crippen LogP contribution in [0.2, 0.25) is 0 Å². The lowest BCUT2D eigenvalue weighted by atomic mass is 10.1. The average Bonchev–Trinajstić information content (AvgIpc) is 1.97. The molecule has 0 saturated heterocycles. The molecule has 4 heteroatoms. The highest BCUT2D eigenvalue weighted by Gasteiger charge is 1.83. The van der Waals surface area contributed by atoms with Crippen molar-refractivity contribution in [2.45, 2.75) is 52.4 Å². The fourth-order valence-electron chi connectivity index (χ4n) is 0.854. The van der Waals surface area contributed by atoms with Crippen molar-refractivity contribution in [1.82, 2.24) is 0 Å². The number of hydrogen-bond donors (Lipinski definition) is 1. The molecule has 0 amide bonds. The SMILES string of the molecule is CCCCCCCC.O=[S-](O)=S. The Morgan fingerprint density at radius 1 is 1.08 bits per heavy atom. The zero-order valence-corrected chi connectivity index (χ0v) is 9.55. The van der Waals surface area contributed by atoms with Crippen LogP contribution in [0.4, 0.5) is 0 Å². The molecule has 1 N–H and O–H groups in total. The Balaban J connectivity index is 0. The van der Waals surface area contributed by atoms with E-state index in [0.717, 1.165) is 0 Å². The average molecular weight is 211 g/mol. The molecule has 0 unspecified atom stereocenters. The second-order valence-electron chi connectivity index (χ2n) is 2.63. The molecular weight excluding hydrogens is 192 g/mol. The molecule has 0 aliphatic carbocycles. The predicted molar refractivity (Wildman–Crippen MR) is 57.1 cm³/mol. The summed E-state index contributed by atoms with van der Waals surface area (Å²) in [4.78, 5) is 0. The first kappa shape index (κ1) is 14.8. The van der Waals surface area contributed by atoms with E-state index in [1.54, 1.807) is 0 Å². The third-order valence-corrected chi connectivity index (χ3v) is 1.46. The maximum Gasteiger partial charge on any atom is -0.0533 e. The number of rotatable bonds is 5. The lowest BCUT2D eigenvalue weighted by Gasteiger charge is -1.93. The van der Waals surface area contributed by atoms with Gasteiger partial charge < -0.3 is 8.76 Å². The zero-order chi connectivity index (χ0) is 9.82. The minimum atomic E-state index is -2.03. The zero-order valence-electron chi connectivity index (χ0n) is 7.91. The molecule has 0 aliphatic rings. The Morgan fingerprint density at radius 2 is 1.33 bits per heavy atom. The second kappa shape index (κ2) is 13.9. The van der Waals surface area contributed by atoms with Crippen LogP contribution in [0.15, 0.2) is 0 Å². The molecular formula is C8H19O2S2-. The molecule has 2 nitrogen and oxygen atoms in total. The molecule has 0 fully saturated rings. The van der Waals surface area contributed by atoms with Crippen molar-refractivity contribution in [3.8, 4) is 0 Å². The number of unbranched alkanes of at least 4 members (excludes halogenated alkanes) is 5. The first-order valence-electron chi connectivity index (χ1n) is 4.43. The van der Waals surface area contributed by atoms with Gasteiger partial charge in [-0.1, -0.05) is 62.0 Å². The third kappa shape index (κ3) is 31.7. The van der Waals surface area contributed by atoms with Crippen molar-refractivity contribution < 1.29 is 8.76 Å². The van der Waals surface area contributed by atoms with E-state index in [2.05, 4.69) is 25.0 Å². The normalized spacial score (nSPS) is 9.33. The summed E-state index contributed by atoms with van der Waals surface area (Å²) in [7, 11) is -2.03. The molecule has 0 rings (SSSR count). The highest BCUT2D eigenvalue weighted by molar-refractivity contribution is 8.18. The Bertz CT molecular complexity index is 119. The van der Waals surface area contributed by atoms with Crippen LogP contribution in [-0.4, -0.2) is 4.55 Å². The number of hydrogen-bond acceptors (Lipinski definition) is 3. The van der Waals surface area contributed by atoms with Gasteiger partial charge in [0.1, 0.15) is 0 Å². The van der Waals surface area contributed by atoms with Gasteiger partial charge in [0.15, 0.2) is 0 Å². The molecule has 0 bridgehead atoms. The molecule has 0 aromatic rings.